The van der Waals surface area contributed by atoms with Gasteiger partial charge >= 0.3 is 0 Å². The van der Waals surface area contributed by atoms with Crippen molar-refractivity contribution in [1.82, 2.24) is 5.43 Å². The molecule has 1 unspecified atom stereocenters. The fraction of sp³-hybridized carbons (Fsp3) is 0.600. The molecule has 0 amide bonds. The average molecular weight is 262 g/mol. The van der Waals surface area contributed by atoms with Gasteiger partial charge in [0.25, 0.3) is 0 Å². The summed E-state index contributed by atoms with van der Waals surface area (Å²) in [7, 11) is 1.77. The summed E-state index contributed by atoms with van der Waals surface area (Å²) >= 11 is 0. The van der Waals surface area contributed by atoms with E-state index < -0.39 is 0 Å². The Morgan fingerprint density at radius 2 is 1.95 bits per heavy atom. The van der Waals surface area contributed by atoms with Gasteiger partial charge in [-0.3, -0.25) is 11.3 Å². The van der Waals surface area contributed by atoms with Crippen LogP contribution in [0.5, 0.6) is 5.75 Å². The molecule has 0 radical (unpaired) electrons. The maximum Gasteiger partial charge on any atom is 0.119 e. The van der Waals surface area contributed by atoms with Gasteiger partial charge in [0, 0.05) is 7.11 Å². The molecule has 3 N–H and O–H groups in total. The first-order chi connectivity index (χ1) is 9.27. The van der Waals surface area contributed by atoms with Crippen LogP contribution in [0.3, 0.4) is 0 Å². The van der Waals surface area contributed by atoms with Crippen LogP contribution in [0.25, 0.3) is 0 Å². The zero-order valence-electron chi connectivity index (χ0n) is 11.4. The lowest BCUT2D eigenvalue weighted by atomic mass is 9.72. The zero-order valence-corrected chi connectivity index (χ0v) is 11.4. The Hall–Kier alpha value is -1.10. The van der Waals surface area contributed by atoms with E-state index in [0.717, 1.165) is 24.2 Å². The molecule has 0 heterocycles. The van der Waals surface area contributed by atoms with Crippen molar-refractivity contribution in [2.45, 2.75) is 49.9 Å². The molecule has 0 spiro atoms. The summed E-state index contributed by atoms with van der Waals surface area (Å²) in [6.07, 6.45) is 6.11. The fourth-order valence-corrected chi connectivity index (χ4v) is 2.80. The predicted octanol–water partition coefficient (Wildman–Crippen LogP) is 2.30. The first-order valence-electron chi connectivity index (χ1n) is 7.05. The molecule has 1 aromatic rings. The van der Waals surface area contributed by atoms with Crippen LogP contribution in [0.2, 0.25) is 0 Å². The smallest absolute Gasteiger partial charge is 0.119 e. The van der Waals surface area contributed by atoms with Gasteiger partial charge < -0.3 is 9.47 Å². The zero-order chi connectivity index (χ0) is 13.3. The number of methoxy groups -OCH3 is 1. The van der Waals surface area contributed by atoms with Gasteiger partial charge in [-0.25, -0.2) is 0 Å². The van der Waals surface area contributed by atoms with Crippen molar-refractivity contribution in [3.63, 3.8) is 0 Å². The second-order valence-electron chi connectivity index (χ2n) is 5.61. The number of hydrazine groups is 1. The molecule has 0 saturated heterocycles. The van der Waals surface area contributed by atoms with Crippen LogP contribution in [0.15, 0.2) is 24.3 Å². The van der Waals surface area contributed by atoms with Gasteiger partial charge in [-0.1, -0.05) is 12.1 Å². The van der Waals surface area contributed by atoms with Gasteiger partial charge in [0.15, 0.2) is 0 Å². The number of ether oxygens (including phenoxy) is 2. The molecule has 19 heavy (non-hydrogen) atoms. The lowest BCUT2D eigenvalue weighted by Crippen LogP contribution is -2.52. The van der Waals surface area contributed by atoms with E-state index in [9.17, 15) is 0 Å². The normalized spacial score (nSPS) is 22.6. The third-order valence-electron chi connectivity index (χ3n) is 4.34. The molecule has 2 saturated carbocycles. The van der Waals surface area contributed by atoms with Gasteiger partial charge in [0.1, 0.15) is 5.75 Å². The Labute approximate surface area is 114 Å². The van der Waals surface area contributed by atoms with Gasteiger partial charge in [0.05, 0.1) is 17.7 Å². The number of rotatable bonds is 6. The Morgan fingerprint density at radius 3 is 2.37 bits per heavy atom. The Kier molecular flexibility index (Phi) is 3.48. The average Bonchev–Trinajstić information content (AvgIpc) is 3.19. The van der Waals surface area contributed by atoms with Crippen LogP contribution in [-0.4, -0.2) is 18.8 Å². The third kappa shape index (κ3) is 2.48. The number of nitrogens with two attached hydrogens (primary N) is 1. The molecule has 0 aliphatic heterocycles. The molecule has 1 aromatic carbocycles. The Balaban J connectivity index is 1.75. The molecule has 0 bridgehead atoms. The topological polar surface area (TPSA) is 56.5 Å². The third-order valence-corrected chi connectivity index (χ3v) is 4.34. The minimum absolute atomic E-state index is 0.0428. The summed E-state index contributed by atoms with van der Waals surface area (Å²) in [6.45, 7) is 0. The highest BCUT2D eigenvalue weighted by Crippen LogP contribution is 2.44. The van der Waals surface area contributed by atoms with E-state index in [-0.39, 0.29) is 11.6 Å². The molecule has 1 atom stereocenters. The summed E-state index contributed by atoms with van der Waals surface area (Å²) in [5, 5.41) is 0. The van der Waals surface area contributed by atoms with E-state index in [1.165, 1.54) is 19.3 Å². The van der Waals surface area contributed by atoms with E-state index >= 15 is 0 Å². The molecular formula is C15H22N2O2. The van der Waals surface area contributed by atoms with E-state index in [2.05, 4.69) is 17.6 Å². The van der Waals surface area contributed by atoms with Crippen LogP contribution in [0.4, 0.5) is 0 Å². The van der Waals surface area contributed by atoms with E-state index in [4.69, 9.17) is 15.3 Å². The summed E-state index contributed by atoms with van der Waals surface area (Å²) in [6, 6.07) is 8.27. The molecule has 4 nitrogen and oxygen atoms in total. The molecule has 3 rings (SSSR count). The summed E-state index contributed by atoms with van der Waals surface area (Å²) in [5.74, 6) is 6.69. The highest BCUT2D eigenvalue weighted by atomic mass is 16.5. The monoisotopic (exact) mass is 262 g/mol. The second kappa shape index (κ2) is 5.12. The van der Waals surface area contributed by atoms with E-state index in [1.54, 1.807) is 7.11 Å². The quantitative estimate of drug-likeness (QED) is 0.610. The van der Waals surface area contributed by atoms with Gasteiger partial charge in [0.2, 0.25) is 0 Å². The second-order valence-corrected chi connectivity index (χ2v) is 5.61. The van der Waals surface area contributed by atoms with Crippen molar-refractivity contribution in [3.8, 4) is 5.75 Å². The molecule has 2 aliphatic carbocycles. The lowest BCUT2D eigenvalue weighted by molar-refractivity contribution is -0.0999. The number of hydrogen-bond acceptors (Lipinski definition) is 4. The van der Waals surface area contributed by atoms with Crippen LogP contribution in [0.1, 0.15) is 43.7 Å². The standard InChI is InChI=1S/C15H22N2O2/c1-18-15(9-2-10-15)14(17-16)11-3-5-12(6-4-11)19-13-7-8-13/h3-6,13-14,17H,2,7-10,16H2,1H3. The number of benzene rings is 1. The minimum Gasteiger partial charge on any atom is -0.490 e. The van der Waals surface area contributed by atoms with Crippen LogP contribution in [-0.2, 0) is 4.74 Å². The van der Waals surface area contributed by atoms with Crippen LogP contribution in [0, 0.1) is 0 Å². The van der Waals surface area contributed by atoms with Crippen molar-refractivity contribution < 1.29 is 9.47 Å². The maximum atomic E-state index is 5.76. The van der Waals surface area contributed by atoms with Crippen molar-refractivity contribution >= 4 is 0 Å². The van der Waals surface area contributed by atoms with Crippen molar-refractivity contribution in [1.29, 1.82) is 0 Å². The summed E-state index contributed by atoms with van der Waals surface area (Å²) in [4.78, 5) is 0. The number of nitrogens with one attached hydrogen (secondary N) is 1. The number of hydrogen-bond donors (Lipinski definition) is 2. The maximum absolute atomic E-state index is 5.76. The highest BCUT2D eigenvalue weighted by Gasteiger charge is 2.44. The molecule has 2 fully saturated rings. The Bertz CT molecular complexity index is 419. The van der Waals surface area contributed by atoms with Gasteiger partial charge in [-0.05, 0) is 49.8 Å². The molecule has 4 heteroatoms. The summed E-state index contributed by atoms with van der Waals surface area (Å²) < 4.78 is 11.5. The van der Waals surface area contributed by atoms with Gasteiger partial charge in [-0.15, -0.1) is 0 Å². The summed E-state index contributed by atoms with van der Waals surface area (Å²) in [5.41, 5.74) is 3.93. The van der Waals surface area contributed by atoms with E-state index in [0.29, 0.717) is 6.10 Å². The van der Waals surface area contributed by atoms with Crippen LogP contribution >= 0.6 is 0 Å². The van der Waals surface area contributed by atoms with Crippen molar-refractivity contribution in [2.75, 3.05) is 7.11 Å². The minimum atomic E-state index is -0.145. The lowest BCUT2D eigenvalue weighted by Gasteiger charge is -2.46. The van der Waals surface area contributed by atoms with Crippen LogP contribution < -0.4 is 16.0 Å². The van der Waals surface area contributed by atoms with Crippen molar-refractivity contribution in [2.24, 2.45) is 5.84 Å². The fourth-order valence-electron chi connectivity index (χ4n) is 2.80. The first-order valence-corrected chi connectivity index (χ1v) is 7.05. The Morgan fingerprint density at radius 1 is 1.26 bits per heavy atom. The first kappa shape index (κ1) is 12.9. The highest BCUT2D eigenvalue weighted by molar-refractivity contribution is 5.31. The largest absolute Gasteiger partial charge is 0.490 e. The molecule has 0 aromatic heterocycles. The van der Waals surface area contributed by atoms with Crippen molar-refractivity contribution in [3.05, 3.63) is 29.8 Å². The molecule has 2 aliphatic rings. The molecule has 104 valence electrons. The molecular weight excluding hydrogens is 240 g/mol. The van der Waals surface area contributed by atoms with Gasteiger partial charge in [-0.2, -0.15) is 0 Å². The van der Waals surface area contributed by atoms with E-state index in [1.807, 2.05) is 12.1 Å². The predicted molar refractivity (Wildman–Crippen MR) is 73.7 cm³/mol. The SMILES string of the molecule is COC1(C(NN)c2ccc(OC3CC3)cc2)CCC1.